The van der Waals surface area contributed by atoms with Crippen LogP contribution in [-0.4, -0.2) is 35.6 Å². The van der Waals surface area contributed by atoms with Crippen molar-refractivity contribution in [1.29, 1.82) is 0 Å². The predicted octanol–water partition coefficient (Wildman–Crippen LogP) is 2.48. The third-order valence-electron chi connectivity index (χ3n) is 4.60. The second kappa shape index (κ2) is 6.12. The van der Waals surface area contributed by atoms with Crippen LogP contribution < -0.4 is 0 Å². The Morgan fingerprint density at radius 1 is 1.00 bits per heavy atom. The highest BCUT2D eigenvalue weighted by Gasteiger charge is 2.45. The van der Waals surface area contributed by atoms with Gasteiger partial charge in [-0.1, -0.05) is 30.0 Å². The highest BCUT2D eigenvalue weighted by Crippen LogP contribution is 2.32. The SMILES string of the molecule is COC1(C(=O)ON2C(=O)c3ccccc3C2=O)CCCCCC1. The van der Waals surface area contributed by atoms with Crippen molar-refractivity contribution in [2.45, 2.75) is 44.1 Å². The minimum atomic E-state index is -1.08. The van der Waals surface area contributed by atoms with Crippen molar-refractivity contribution < 1.29 is 24.0 Å². The van der Waals surface area contributed by atoms with E-state index in [1.54, 1.807) is 24.3 Å². The van der Waals surface area contributed by atoms with E-state index in [-0.39, 0.29) is 11.1 Å². The minimum absolute atomic E-state index is 0.248. The molecule has 1 aromatic carbocycles. The lowest BCUT2D eigenvalue weighted by Crippen LogP contribution is -2.46. The summed E-state index contributed by atoms with van der Waals surface area (Å²) < 4.78 is 5.45. The predicted molar refractivity (Wildman–Crippen MR) is 80.5 cm³/mol. The molecule has 3 rings (SSSR count). The number of imide groups is 1. The first-order valence-corrected chi connectivity index (χ1v) is 7.84. The molecule has 0 bridgehead atoms. The lowest BCUT2D eigenvalue weighted by molar-refractivity contribution is -0.195. The molecule has 2 aliphatic rings. The number of hydrogen-bond donors (Lipinski definition) is 0. The molecule has 1 aliphatic carbocycles. The van der Waals surface area contributed by atoms with Crippen LogP contribution in [0.15, 0.2) is 24.3 Å². The van der Waals surface area contributed by atoms with Gasteiger partial charge in [-0.3, -0.25) is 9.59 Å². The van der Waals surface area contributed by atoms with Gasteiger partial charge in [0.2, 0.25) is 0 Å². The molecule has 1 aromatic rings. The van der Waals surface area contributed by atoms with Gasteiger partial charge in [0.15, 0.2) is 5.60 Å². The van der Waals surface area contributed by atoms with E-state index in [1.807, 2.05) is 0 Å². The van der Waals surface area contributed by atoms with Gasteiger partial charge < -0.3 is 9.57 Å². The van der Waals surface area contributed by atoms with Crippen LogP contribution in [0.3, 0.4) is 0 Å². The van der Waals surface area contributed by atoms with Crippen LogP contribution in [0.25, 0.3) is 0 Å². The molecule has 0 aromatic heterocycles. The topological polar surface area (TPSA) is 72.9 Å². The van der Waals surface area contributed by atoms with Crippen molar-refractivity contribution >= 4 is 17.8 Å². The molecule has 2 amide bonds. The average Bonchev–Trinajstić information content (AvgIpc) is 2.77. The lowest BCUT2D eigenvalue weighted by Gasteiger charge is -2.29. The third kappa shape index (κ3) is 2.63. The summed E-state index contributed by atoms with van der Waals surface area (Å²) in [6.07, 6.45) is 4.84. The fourth-order valence-corrected chi connectivity index (χ4v) is 3.21. The van der Waals surface area contributed by atoms with E-state index in [0.29, 0.717) is 17.9 Å². The summed E-state index contributed by atoms with van der Waals surface area (Å²) in [5.74, 6) is -1.89. The van der Waals surface area contributed by atoms with Crippen LogP contribution in [0.2, 0.25) is 0 Å². The minimum Gasteiger partial charge on any atom is -0.366 e. The zero-order chi connectivity index (χ0) is 16.4. The highest BCUT2D eigenvalue weighted by atomic mass is 16.7. The Kier molecular flexibility index (Phi) is 4.17. The van der Waals surface area contributed by atoms with E-state index in [9.17, 15) is 14.4 Å². The Hall–Kier alpha value is -2.21. The first-order chi connectivity index (χ1) is 11.1. The van der Waals surface area contributed by atoms with Crippen molar-refractivity contribution in [2.24, 2.45) is 0 Å². The lowest BCUT2D eigenvalue weighted by atomic mass is 9.94. The van der Waals surface area contributed by atoms with Gasteiger partial charge in [0.05, 0.1) is 11.1 Å². The molecule has 6 nitrogen and oxygen atoms in total. The summed E-state index contributed by atoms with van der Waals surface area (Å²) in [6.45, 7) is 0. The molecule has 0 atom stereocenters. The average molecular weight is 317 g/mol. The molecule has 1 heterocycles. The van der Waals surface area contributed by atoms with Crippen molar-refractivity contribution in [2.75, 3.05) is 7.11 Å². The first kappa shape index (κ1) is 15.7. The Morgan fingerprint density at radius 2 is 1.52 bits per heavy atom. The summed E-state index contributed by atoms with van der Waals surface area (Å²) in [7, 11) is 1.47. The zero-order valence-electron chi connectivity index (χ0n) is 13.0. The number of amides is 2. The van der Waals surface area contributed by atoms with E-state index in [0.717, 1.165) is 25.7 Å². The number of methoxy groups -OCH3 is 1. The van der Waals surface area contributed by atoms with Crippen molar-refractivity contribution in [1.82, 2.24) is 5.06 Å². The van der Waals surface area contributed by atoms with Gasteiger partial charge in [-0.05, 0) is 37.8 Å². The van der Waals surface area contributed by atoms with Crippen molar-refractivity contribution in [3.8, 4) is 0 Å². The number of carbonyl (C=O) groups excluding carboxylic acids is 3. The van der Waals surface area contributed by atoms with Crippen LogP contribution in [0.5, 0.6) is 0 Å². The van der Waals surface area contributed by atoms with E-state index in [4.69, 9.17) is 9.57 Å². The zero-order valence-corrected chi connectivity index (χ0v) is 13.0. The van der Waals surface area contributed by atoms with E-state index in [1.165, 1.54) is 7.11 Å². The van der Waals surface area contributed by atoms with Gasteiger partial charge >= 0.3 is 5.97 Å². The molecule has 0 N–H and O–H groups in total. The van der Waals surface area contributed by atoms with Crippen molar-refractivity contribution in [3.05, 3.63) is 35.4 Å². The second-order valence-electron chi connectivity index (χ2n) is 5.94. The standard InChI is InChI=1S/C17H19NO5/c1-22-17(10-6-2-3-7-11-17)16(21)23-18-14(19)12-8-4-5-9-13(12)15(18)20/h4-5,8-9H,2-3,6-7,10-11H2,1H3. The van der Waals surface area contributed by atoms with E-state index >= 15 is 0 Å². The molecular formula is C17H19NO5. The number of fused-ring (bicyclic) bond motifs is 1. The van der Waals surface area contributed by atoms with Gasteiger partial charge in [-0.25, -0.2) is 4.79 Å². The molecule has 0 spiro atoms. The molecule has 1 saturated carbocycles. The quantitative estimate of drug-likeness (QED) is 0.632. The molecule has 1 aliphatic heterocycles. The van der Waals surface area contributed by atoms with Crippen LogP contribution in [-0.2, 0) is 14.4 Å². The second-order valence-corrected chi connectivity index (χ2v) is 5.94. The smallest absolute Gasteiger partial charge is 0.364 e. The molecule has 0 unspecified atom stereocenters. The van der Waals surface area contributed by atoms with E-state index < -0.39 is 23.4 Å². The Balaban J connectivity index is 1.80. The number of nitrogens with zero attached hydrogens (tertiary/aromatic N) is 1. The summed E-state index contributed by atoms with van der Waals surface area (Å²) in [6, 6.07) is 6.41. The highest BCUT2D eigenvalue weighted by molar-refractivity contribution is 6.20. The van der Waals surface area contributed by atoms with Gasteiger partial charge in [-0.15, -0.1) is 0 Å². The van der Waals surface area contributed by atoms with Crippen LogP contribution in [0.1, 0.15) is 59.2 Å². The number of hydroxylamine groups is 2. The molecule has 122 valence electrons. The van der Waals surface area contributed by atoms with Crippen LogP contribution in [0, 0.1) is 0 Å². The number of ether oxygens (including phenoxy) is 1. The fourth-order valence-electron chi connectivity index (χ4n) is 3.21. The normalized spacial score (nSPS) is 20.1. The number of carbonyl (C=O) groups is 3. The Morgan fingerprint density at radius 3 is 2.00 bits per heavy atom. The summed E-state index contributed by atoms with van der Waals surface area (Å²) in [5.41, 5.74) is -0.582. The van der Waals surface area contributed by atoms with Gasteiger partial charge in [-0.2, -0.15) is 0 Å². The molecular weight excluding hydrogens is 298 g/mol. The number of rotatable bonds is 3. The molecule has 1 fully saturated rings. The number of hydrogen-bond acceptors (Lipinski definition) is 5. The van der Waals surface area contributed by atoms with Gasteiger partial charge in [0, 0.05) is 7.11 Å². The summed E-state index contributed by atoms with van der Waals surface area (Å²) in [5, 5.41) is 0.554. The van der Waals surface area contributed by atoms with Crippen molar-refractivity contribution in [3.63, 3.8) is 0 Å². The Bertz CT molecular complexity index is 611. The molecule has 0 saturated heterocycles. The van der Waals surface area contributed by atoms with Gasteiger partial charge in [0.1, 0.15) is 0 Å². The summed E-state index contributed by atoms with van der Waals surface area (Å²) in [4.78, 5) is 42.3. The molecule has 6 heteroatoms. The maximum absolute atomic E-state index is 12.6. The van der Waals surface area contributed by atoms with Gasteiger partial charge in [0.25, 0.3) is 11.8 Å². The fraction of sp³-hybridized carbons (Fsp3) is 0.471. The summed E-state index contributed by atoms with van der Waals surface area (Å²) >= 11 is 0. The molecule has 23 heavy (non-hydrogen) atoms. The third-order valence-corrected chi connectivity index (χ3v) is 4.60. The Labute approximate surface area is 134 Å². The van der Waals surface area contributed by atoms with Crippen LogP contribution in [0.4, 0.5) is 0 Å². The maximum Gasteiger partial charge on any atom is 0.364 e. The largest absolute Gasteiger partial charge is 0.366 e. The molecule has 0 radical (unpaired) electrons. The first-order valence-electron chi connectivity index (χ1n) is 7.84. The van der Waals surface area contributed by atoms with E-state index in [2.05, 4.69) is 0 Å². The monoisotopic (exact) mass is 317 g/mol. The maximum atomic E-state index is 12.6. The van der Waals surface area contributed by atoms with Crippen LogP contribution >= 0.6 is 0 Å². The number of benzene rings is 1.